The summed E-state index contributed by atoms with van der Waals surface area (Å²) in [5, 5.41) is 21.6. The molecule has 0 amide bonds. The Kier molecular flexibility index (Phi) is 6.33. The summed E-state index contributed by atoms with van der Waals surface area (Å²) in [5.74, 6) is -0.207. The summed E-state index contributed by atoms with van der Waals surface area (Å²) in [6.07, 6.45) is -5.72. The molecule has 2 aromatic heterocycles. The van der Waals surface area contributed by atoms with Gasteiger partial charge in [-0.2, -0.15) is 4.98 Å². The summed E-state index contributed by atoms with van der Waals surface area (Å²) in [6.45, 7) is -0.693. The van der Waals surface area contributed by atoms with Gasteiger partial charge in [-0.3, -0.25) is 18.9 Å². The fourth-order valence-corrected chi connectivity index (χ4v) is 4.52. The Morgan fingerprint density at radius 2 is 1.94 bits per heavy atom. The molecule has 1 aliphatic rings. The van der Waals surface area contributed by atoms with Crippen LogP contribution in [0, 0.1) is 0 Å². The SMILES string of the molecule is Nc1nc2c(nc(Sc3ccc(Cl)cc3)n2[C@@H]2O[C@H](COP(=O)(O)O)[C@@H](O)[C@H]2O)c(=O)[nH]1. The molecule has 0 saturated carbocycles. The number of phosphoric acid groups is 1. The predicted molar refractivity (Wildman–Crippen MR) is 112 cm³/mol. The van der Waals surface area contributed by atoms with E-state index in [9.17, 15) is 19.6 Å². The van der Waals surface area contributed by atoms with E-state index in [1.54, 1.807) is 24.3 Å². The van der Waals surface area contributed by atoms with Gasteiger partial charge in [-0.25, -0.2) is 9.55 Å². The average Bonchev–Trinajstić information content (AvgIpc) is 3.19. The van der Waals surface area contributed by atoms with E-state index in [-0.39, 0.29) is 22.3 Å². The lowest BCUT2D eigenvalue weighted by atomic mass is 10.1. The first-order valence-corrected chi connectivity index (χ1v) is 11.7. The van der Waals surface area contributed by atoms with Gasteiger partial charge in [0.15, 0.2) is 22.5 Å². The maximum atomic E-state index is 12.4. The first-order valence-electron chi connectivity index (χ1n) is 8.96. The molecule has 16 heteroatoms. The average molecular weight is 506 g/mol. The number of hydrogen-bond acceptors (Lipinski definition) is 10. The van der Waals surface area contributed by atoms with Crippen LogP contribution in [0.1, 0.15) is 6.23 Å². The second-order valence-electron chi connectivity index (χ2n) is 6.78. The smallest absolute Gasteiger partial charge is 0.387 e. The molecular formula is C16H17ClN5O8PS. The Balaban J connectivity index is 1.77. The van der Waals surface area contributed by atoms with Crippen LogP contribution in [0.25, 0.3) is 11.2 Å². The van der Waals surface area contributed by atoms with E-state index in [1.807, 2.05) is 0 Å². The number of phosphoric ester groups is 1. The normalized spacial score (nSPS) is 23.8. The first-order chi connectivity index (χ1) is 15.0. The van der Waals surface area contributed by atoms with Crippen LogP contribution in [0.5, 0.6) is 0 Å². The maximum Gasteiger partial charge on any atom is 0.469 e. The minimum atomic E-state index is -4.84. The highest BCUT2D eigenvalue weighted by Crippen LogP contribution is 2.40. The third-order valence-electron chi connectivity index (χ3n) is 4.56. The number of halogens is 1. The van der Waals surface area contributed by atoms with Gasteiger partial charge in [0, 0.05) is 9.92 Å². The van der Waals surface area contributed by atoms with Gasteiger partial charge in [0.25, 0.3) is 5.56 Å². The van der Waals surface area contributed by atoms with Crippen molar-refractivity contribution in [1.82, 2.24) is 19.5 Å². The summed E-state index contributed by atoms with van der Waals surface area (Å²) < 4.78 is 22.3. The van der Waals surface area contributed by atoms with Crippen LogP contribution in [0.3, 0.4) is 0 Å². The Morgan fingerprint density at radius 3 is 2.59 bits per heavy atom. The standard InChI is InChI=1S/C16H17ClN5O8PS/c17-6-1-3-7(4-2-6)32-16-19-9-12(20-15(18)21-13(9)25)22(16)14-11(24)10(23)8(30-14)5-29-31(26,27)28/h1-4,8,10-11,14,23-24H,5H2,(H2,26,27,28)(H3,18,20,21,25)/t8-,10-,11-,14-/m1/s1. The van der Waals surface area contributed by atoms with Crippen molar-refractivity contribution in [3.05, 3.63) is 39.6 Å². The number of hydrogen-bond donors (Lipinski definition) is 6. The molecule has 0 radical (unpaired) electrons. The third kappa shape index (κ3) is 4.69. The molecule has 4 atom stereocenters. The van der Waals surface area contributed by atoms with Gasteiger partial charge in [0.05, 0.1) is 6.61 Å². The molecule has 1 fully saturated rings. The van der Waals surface area contributed by atoms with Gasteiger partial charge in [-0.1, -0.05) is 23.4 Å². The van der Waals surface area contributed by atoms with Crippen LogP contribution in [0.15, 0.2) is 39.1 Å². The zero-order valence-electron chi connectivity index (χ0n) is 15.9. The first kappa shape index (κ1) is 23.2. The lowest BCUT2D eigenvalue weighted by Crippen LogP contribution is -2.33. The number of rotatable bonds is 6. The molecule has 4 rings (SSSR count). The number of nitrogens with zero attached hydrogens (tertiary/aromatic N) is 3. The van der Waals surface area contributed by atoms with Crippen LogP contribution in [0.2, 0.25) is 5.02 Å². The molecule has 1 aliphatic heterocycles. The Morgan fingerprint density at radius 1 is 1.25 bits per heavy atom. The molecule has 7 N–H and O–H groups in total. The largest absolute Gasteiger partial charge is 0.469 e. The topological polar surface area (TPSA) is 206 Å². The van der Waals surface area contributed by atoms with Crippen LogP contribution in [-0.4, -0.2) is 64.4 Å². The fraction of sp³-hybridized carbons (Fsp3) is 0.312. The predicted octanol–water partition coefficient (Wildman–Crippen LogP) is 0.235. The zero-order valence-corrected chi connectivity index (χ0v) is 18.4. The van der Waals surface area contributed by atoms with Gasteiger partial charge >= 0.3 is 7.82 Å². The second-order valence-corrected chi connectivity index (χ2v) is 9.49. The number of nitrogens with two attached hydrogens (primary N) is 1. The van der Waals surface area contributed by atoms with E-state index < -0.39 is 44.5 Å². The van der Waals surface area contributed by atoms with Crippen molar-refractivity contribution in [2.75, 3.05) is 12.3 Å². The van der Waals surface area contributed by atoms with Gasteiger partial charge in [-0.15, -0.1) is 0 Å². The minimum Gasteiger partial charge on any atom is -0.387 e. The number of ether oxygens (including phenoxy) is 1. The molecular weight excluding hydrogens is 489 g/mol. The van der Waals surface area contributed by atoms with Crippen LogP contribution < -0.4 is 11.3 Å². The summed E-state index contributed by atoms with van der Waals surface area (Å²) in [7, 11) is -4.84. The molecule has 0 unspecified atom stereocenters. The monoisotopic (exact) mass is 505 g/mol. The van der Waals surface area contributed by atoms with Crippen molar-refractivity contribution in [3.63, 3.8) is 0 Å². The summed E-state index contributed by atoms with van der Waals surface area (Å²) in [6, 6.07) is 6.72. The highest BCUT2D eigenvalue weighted by Gasteiger charge is 2.46. The van der Waals surface area contributed by atoms with Crippen molar-refractivity contribution in [3.8, 4) is 0 Å². The Labute approximate surface area is 188 Å². The van der Waals surface area contributed by atoms with Crippen LogP contribution in [-0.2, 0) is 13.8 Å². The van der Waals surface area contributed by atoms with Gasteiger partial charge in [-0.05, 0) is 24.3 Å². The van der Waals surface area contributed by atoms with Crippen molar-refractivity contribution in [2.45, 2.75) is 34.6 Å². The number of aromatic nitrogens is 4. The van der Waals surface area contributed by atoms with E-state index >= 15 is 0 Å². The van der Waals surface area contributed by atoms with Crippen LogP contribution >= 0.6 is 31.2 Å². The number of nitrogen functional groups attached to an aromatic ring is 1. The number of anilines is 1. The molecule has 1 aromatic carbocycles. The molecule has 3 aromatic rings. The zero-order chi connectivity index (χ0) is 23.2. The molecule has 172 valence electrons. The highest BCUT2D eigenvalue weighted by atomic mass is 35.5. The van der Waals surface area contributed by atoms with Crippen molar-refractivity contribution < 1.29 is 33.8 Å². The molecule has 1 saturated heterocycles. The van der Waals surface area contributed by atoms with Crippen molar-refractivity contribution in [1.29, 1.82) is 0 Å². The highest BCUT2D eigenvalue weighted by molar-refractivity contribution is 7.99. The summed E-state index contributed by atoms with van der Waals surface area (Å²) in [5.41, 5.74) is 4.94. The molecule has 0 bridgehead atoms. The fourth-order valence-electron chi connectivity index (χ4n) is 3.14. The summed E-state index contributed by atoms with van der Waals surface area (Å²) in [4.78, 5) is 41.6. The van der Waals surface area contributed by atoms with E-state index in [1.165, 1.54) is 4.57 Å². The van der Waals surface area contributed by atoms with E-state index in [4.69, 9.17) is 31.9 Å². The Hall–Kier alpha value is -2.00. The van der Waals surface area contributed by atoms with E-state index in [2.05, 4.69) is 19.5 Å². The number of imidazole rings is 1. The minimum absolute atomic E-state index is 0.0180. The van der Waals surface area contributed by atoms with E-state index in [0.29, 0.717) is 9.92 Å². The van der Waals surface area contributed by atoms with Crippen molar-refractivity contribution in [2.24, 2.45) is 0 Å². The van der Waals surface area contributed by atoms with Gasteiger partial charge in [0.2, 0.25) is 5.95 Å². The number of benzene rings is 1. The van der Waals surface area contributed by atoms with Crippen molar-refractivity contribution >= 4 is 48.3 Å². The lowest BCUT2D eigenvalue weighted by Gasteiger charge is -2.19. The number of nitrogens with one attached hydrogen (secondary N) is 1. The lowest BCUT2D eigenvalue weighted by molar-refractivity contribution is -0.0541. The third-order valence-corrected chi connectivity index (χ3v) is 6.27. The number of aliphatic hydroxyl groups is 2. The number of H-pyrrole nitrogens is 1. The quantitative estimate of drug-likeness (QED) is 0.249. The number of aliphatic hydroxyl groups excluding tert-OH is 2. The molecule has 0 aliphatic carbocycles. The molecule has 0 spiro atoms. The Bertz CT molecular complexity index is 1250. The van der Waals surface area contributed by atoms with Gasteiger partial charge < -0.3 is 30.5 Å². The van der Waals surface area contributed by atoms with E-state index in [0.717, 1.165) is 11.8 Å². The number of fused-ring (bicyclic) bond motifs is 1. The number of aromatic amines is 1. The van der Waals surface area contributed by atoms with Crippen LogP contribution in [0.4, 0.5) is 5.95 Å². The molecule has 13 nitrogen and oxygen atoms in total. The van der Waals surface area contributed by atoms with Gasteiger partial charge in [0.1, 0.15) is 18.3 Å². The molecule has 3 heterocycles. The summed E-state index contributed by atoms with van der Waals surface area (Å²) >= 11 is 7.02. The maximum absolute atomic E-state index is 12.4. The second kappa shape index (κ2) is 8.74. The molecule has 32 heavy (non-hydrogen) atoms.